The van der Waals surface area contributed by atoms with Crippen molar-refractivity contribution >= 4 is 39.5 Å². The summed E-state index contributed by atoms with van der Waals surface area (Å²) in [6, 6.07) is 0. The number of phosphoric acid groups is 2. The molecule has 5 unspecified atom stereocenters. The number of phosphoric ester groups is 2. The van der Waals surface area contributed by atoms with Gasteiger partial charge in [0.25, 0.3) is 0 Å². The molecule has 5 atom stereocenters. The lowest BCUT2D eigenvalue weighted by molar-refractivity contribution is -0.161. The number of ether oxygens (including phenoxy) is 4. The van der Waals surface area contributed by atoms with Crippen molar-refractivity contribution in [1.29, 1.82) is 0 Å². The van der Waals surface area contributed by atoms with Gasteiger partial charge in [-0.2, -0.15) is 0 Å². The summed E-state index contributed by atoms with van der Waals surface area (Å²) in [5.74, 6) is -2.23. The lowest BCUT2D eigenvalue weighted by Gasteiger charge is -2.21. The predicted molar refractivity (Wildman–Crippen MR) is 418 cm³/mol. The minimum Gasteiger partial charge on any atom is -0.462 e. The Hall–Kier alpha value is -4.54. The van der Waals surface area contributed by atoms with Crippen molar-refractivity contribution in [2.24, 2.45) is 0 Å². The number of rotatable bonds is 74. The van der Waals surface area contributed by atoms with E-state index in [1.165, 1.54) is 44.9 Å². The lowest BCUT2D eigenvalue weighted by atomic mass is 10.1. The SMILES string of the molecule is CC/C=C\C/C=C\C/C=C\C/C=C\CCCCCCC(=O)OCC(COP(=O)(O)OCC(O)COP(=O)(O)OCC(COC(=O)CCCCCCCC/C=C\C/C=C\C/C=C\CCCCC)OC(=O)CCCCCCC/C=C\CCCCCC)OC(=O)CCCCCCC/C=C\C/C=C\CCC. The Morgan fingerprint density at radius 2 is 0.529 bits per heavy atom. The number of aliphatic hydroxyl groups excluding tert-OH is 1. The molecule has 0 saturated carbocycles. The van der Waals surface area contributed by atoms with Gasteiger partial charge in [0, 0.05) is 25.7 Å². The van der Waals surface area contributed by atoms with Crippen LogP contribution >= 0.6 is 15.6 Å². The van der Waals surface area contributed by atoms with E-state index in [4.69, 9.17) is 37.0 Å². The van der Waals surface area contributed by atoms with E-state index >= 15 is 0 Å². The molecular weight excluding hydrogens is 1330 g/mol. The molecule has 0 radical (unpaired) electrons. The van der Waals surface area contributed by atoms with Crippen molar-refractivity contribution in [1.82, 2.24) is 0 Å². The second kappa shape index (κ2) is 74.7. The number of aliphatic hydroxyl groups is 1. The maximum absolute atomic E-state index is 13.1. The third-order valence-electron chi connectivity index (χ3n) is 16.4. The van der Waals surface area contributed by atoms with E-state index in [1.807, 2.05) is 0 Å². The molecule has 0 fully saturated rings. The van der Waals surface area contributed by atoms with E-state index in [0.717, 1.165) is 199 Å². The third kappa shape index (κ3) is 73.8. The van der Waals surface area contributed by atoms with E-state index in [0.29, 0.717) is 25.7 Å². The minimum absolute atomic E-state index is 0.0706. The summed E-state index contributed by atoms with van der Waals surface area (Å²) in [4.78, 5) is 73.0. The summed E-state index contributed by atoms with van der Waals surface area (Å²) < 4.78 is 68.5. The number of hydrogen-bond acceptors (Lipinski definition) is 15. The molecule has 0 aromatic rings. The number of unbranched alkanes of at least 4 members (excludes halogenated alkanes) is 28. The Morgan fingerprint density at radius 3 is 0.853 bits per heavy atom. The average Bonchev–Trinajstić information content (AvgIpc) is 0.907. The zero-order valence-corrected chi connectivity index (χ0v) is 65.8. The Labute approximate surface area is 619 Å². The molecule has 102 heavy (non-hydrogen) atoms. The van der Waals surface area contributed by atoms with Crippen LogP contribution < -0.4 is 0 Å². The first kappa shape index (κ1) is 97.5. The zero-order valence-electron chi connectivity index (χ0n) is 64.0. The van der Waals surface area contributed by atoms with Crippen LogP contribution in [0.5, 0.6) is 0 Å². The summed E-state index contributed by atoms with van der Waals surface area (Å²) in [7, 11) is -9.97. The summed E-state index contributed by atoms with van der Waals surface area (Å²) in [5, 5.41) is 10.6. The van der Waals surface area contributed by atoms with E-state index in [1.54, 1.807) is 0 Å². The van der Waals surface area contributed by atoms with Gasteiger partial charge >= 0.3 is 39.5 Å². The largest absolute Gasteiger partial charge is 0.472 e. The van der Waals surface area contributed by atoms with Gasteiger partial charge in [-0.05, 0) is 154 Å². The molecule has 0 heterocycles. The van der Waals surface area contributed by atoms with Gasteiger partial charge in [0.2, 0.25) is 0 Å². The van der Waals surface area contributed by atoms with Crippen LogP contribution in [0.3, 0.4) is 0 Å². The number of allylic oxidation sites excluding steroid dienone is 20. The average molecular weight is 1470 g/mol. The molecule has 0 aromatic carbocycles. The van der Waals surface area contributed by atoms with Crippen LogP contribution in [-0.2, 0) is 65.4 Å². The molecule has 3 N–H and O–H groups in total. The van der Waals surface area contributed by atoms with Crippen LogP contribution in [0.15, 0.2) is 122 Å². The van der Waals surface area contributed by atoms with Crippen LogP contribution in [0.2, 0.25) is 0 Å². The molecular formula is C83H142O17P2. The number of carbonyl (C=O) groups excluding carboxylic acids is 4. The molecule has 17 nitrogen and oxygen atoms in total. The molecule has 19 heteroatoms. The van der Waals surface area contributed by atoms with Crippen LogP contribution in [-0.4, -0.2) is 96.7 Å². The normalized spacial score (nSPS) is 14.5. The molecule has 0 aliphatic rings. The number of carbonyl (C=O) groups is 4. The van der Waals surface area contributed by atoms with Crippen molar-refractivity contribution in [3.05, 3.63) is 122 Å². The molecule has 0 aliphatic heterocycles. The smallest absolute Gasteiger partial charge is 0.462 e. The van der Waals surface area contributed by atoms with E-state index in [2.05, 4.69) is 149 Å². The summed E-state index contributed by atoms with van der Waals surface area (Å²) in [6.07, 6.45) is 81.8. The highest BCUT2D eigenvalue weighted by molar-refractivity contribution is 7.47. The van der Waals surface area contributed by atoms with Crippen LogP contribution in [0.4, 0.5) is 0 Å². The van der Waals surface area contributed by atoms with Crippen molar-refractivity contribution in [2.45, 2.75) is 341 Å². The molecule has 0 aliphatic carbocycles. The Kier molecular flexibility index (Phi) is 71.4. The second-order valence-corrected chi connectivity index (χ2v) is 29.2. The number of esters is 4. The zero-order chi connectivity index (χ0) is 74.6. The van der Waals surface area contributed by atoms with Crippen LogP contribution in [0, 0.1) is 0 Å². The van der Waals surface area contributed by atoms with Crippen molar-refractivity contribution in [3.8, 4) is 0 Å². The molecule has 0 saturated heterocycles. The highest BCUT2D eigenvalue weighted by Gasteiger charge is 2.30. The number of hydrogen-bond donors (Lipinski definition) is 3. The molecule has 586 valence electrons. The summed E-state index contributed by atoms with van der Waals surface area (Å²) in [6.45, 7) is 4.60. The first-order valence-electron chi connectivity index (χ1n) is 39.8. The fourth-order valence-corrected chi connectivity index (χ4v) is 11.9. The first-order valence-corrected chi connectivity index (χ1v) is 42.8. The maximum atomic E-state index is 13.1. The molecule has 0 amide bonds. The Bertz CT molecular complexity index is 2410. The van der Waals surface area contributed by atoms with Gasteiger partial charge in [0.05, 0.1) is 26.4 Å². The second-order valence-electron chi connectivity index (χ2n) is 26.3. The van der Waals surface area contributed by atoms with Crippen molar-refractivity contribution in [2.75, 3.05) is 39.6 Å². The molecule has 0 bridgehead atoms. The van der Waals surface area contributed by atoms with Crippen molar-refractivity contribution in [3.63, 3.8) is 0 Å². The predicted octanol–water partition coefficient (Wildman–Crippen LogP) is 23.1. The molecule has 0 aromatic heterocycles. The van der Waals surface area contributed by atoms with Gasteiger partial charge in [-0.15, -0.1) is 0 Å². The topological polar surface area (TPSA) is 237 Å². The van der Waals surface area contributed by atoms with E-state index in [9.17, 15) is 43.2 Å². The summed E-state index contributed by atoms with van der Waals surface area (Å²) >= 11 is 0. The lowest BCUT2D eigenvalue weighted by Crippen LogP contribution is -2.30. The fraction of sp³-hybridized carbons (Fsp3) is 0.711. The standard InChI is InChI=1S/C83H142O17P2/c1-5-9-13-17-21-25-29-33-35-37-38-40-42-46-48-52-56-60-64-68-81(86)94-74-79(100-83(88)70-66-62-58-54-50-44-32-28-24-20-16-12-8-4)76-98-102(91,92)96-72-77(84)71-95-101(89,90)97-75-78(99-82(87)69-65-61-57-53-49-43-31-27-23-19-15-11-7-3)73-93-80(85)67-63-59-55-51-47-45-41-39-36-34-30-26-22-18-14-10-6-2/h10,14-15,19,21-22,25-28,31-36,38,40-41,45,77-79,84H,5-9,11-13,16-18,20,23-24,29-30,37,39,42-44,46-76H2,1-4H3,(H,89,90)(H,91,92)/b14-10-,19-15-,25-21-,26-22-,31-27-,32-28-,35-33-,36-34-,40-38-,45-41-. The van der Waals surface area contributed by atoms with Gasteiger partial charge in [-0.1, -0.05) is 265 Å². The fourth-order valence-electron chi connectivity index (χ4n) is 10.3. The monoisotopic (exact) mass is 1470 g/mol. The van der Waals surface area contributed by atoms with Gasteiger partial charge < -0.3 is 33.8 Å². The van der Waals surface area contributed by atoms with Crippen molar-refractivity contribution < 1.29 is 80.2 Å². The highest BCUT2D eigenvalue weighted by Crippen LogP contribution is 2.45. The van der Waals surface area contributed by atoms with Crippen LogP contribution in [0.1, 0.15) is 323 Å². The van der Waals surface area contributed by atoms with Gasteiger partial charge in [-0.3, -0.25) is 37.3 Å². The van der Waals surface area contributed by atoms with E-state index in [-0.39, 0.29) is 25.7 Å². The van der Waals surface area contributed by atoms with Gasteiger partial charge in [0.1, 0.15) is 19.3 Å². The van der Waals surface area contributed by atoms with Crippen LogP contribution in [0.25, 0.3) is 0 Å². The quantitative estimate of drug-likeness (QED) is 0.0169. The van der Waals surface area contributed by atoms with Gasteiger partial charge in [0.15, 0.2) is 12.2 Å². The van der Waals surface area contributed by atoms with E-state index < -0.39 is 97.5 Å². The van der Waals surface area contributed by atoms with Gasteiger partial charge in [-0.25, -0.2) is 9.13 Å². The first-order chi connectivity index (χ1) is 49.7. The third-order valence-corrected chi connectivity index (χ3v) is 18.3. The Balaban J connectivity index is 5.37. The Morgan fingerprint density at radius 1 is 0.284 bits per heavy atom. The summed E-state index contributed by atoms with van der Waals surface area (Å²) in [5.41, 5.74) is 0. The highest BCUT2D eigenvalue weighted by atomic mass is 31.2. The maximum Gasteiger partial charge on any atom is 0.472 e. The molecule has 0 rings (SSSR count). The minimum atomic E-state index is -4.99. The molecule has 0 spiro atoms.